The number of nitrogens with zero attached hydrogens (tertiary/aromatic N) is 5. The Morgan fingerprint density at radius 2 is 1.91 bits per heavy atom. The standard InChI is InChI=1S/C19H21F3N6O4/c1-4-6-10-26-13-14(27(9-5-2)18(31)24(3)15(13)29)28(32-16(30)19(20,21)22)17(26)25-11-7-23-8-12-25/h2,17,23H,7-12H2,1,3H3. The van der Waals surface area contributed by atoms with Crippen molar-refractivity contribution in [1.29, 1.82) is 0 Å². The minimum Gasteiger partial charge on any atom is -0.327 e. The van der Waals surface area contributed by atoms with Crippen molar-refractivity contribution in [1.82, 2.24) is 19.4 Å². The lowest BCUT2D eigenvalue weighted by Crippen LogP contribution is -2.61. The van der Waals surface area contributed by atoms with Gasteiger partial charge in [0.05, 0.1) is 13.1 Å². The molecule has 0 bridgehead atoms. The molecule has 10 nitrogen and oxygen atoms in total. The van der Waals surface area contributed by atoms with E-state index in [1.807, 2.05) is 0 Å². The number of alkyl halides is 3. The number of hydroxylamine groups is 1. The van der Waals surface area contributed by atoms with Crippen LogP contribution in [0.2, 0.25) is 0 Å². The molecule has 172 valence electrons. The highest BCUT2D eigenvalue weighted by atomic mass is 19.4. The molecule has 13 heteroatoms. The molecule has 0 spiro atoms. The molecular formula is C19H21F3N6O4. The lowest BCUT2D eigenvalue weighted by Gasteiger charge is -2.40. The molecule has 1 unspecified atom stereocenters. The van der Waals surface area contributed by atoms with Gasteiger partial charge in [-0.1, -0.05) is 11.8 Å². The molecule has 1 N–H and O–H groups in total. The fourth-order valence-corrected chi connectivity index (χ4v) is 3.62. The third-order valence-corrected chi connectivity index (χ3v) is 5.04. The summed E-state index contributed by atoms with van der Waals surface area (Å²) in [6, 6.07) is 0. The molecule has 3 heterocycles. The Morgan fingerprint density at radius 1 is 1.25 bits per heavy atom. The van der Waals surface area contributed by atoms with Crippen molar-refractivity contribution < 1.29 is 22.8 Å². The Labute approximate surface area is 181 Å². The van der Waals surface area contributed by atoms with Crippen LogP contribution in [0.3, 0.4) is 0 Å². The van der Waals surface area contributed by atoms with Gasteiger partial charge >= 0.3 is 17.8 Å². The first-order chi connectivity index (χ1) is 15.1. The van der Waals surface area contributed by atoms with Gasteiger partial charge in [-0.25, -0.2) is 9.59 Å². The average Bonchev–Trinajstić information content (AvgIpc) is 3.07. The van der Waals surface area contributed by atoms with E-state index in [9.17, 15) is 27.6 Å². The van der Waals surface area contributed by atoms with Gasteiger partial charge in [-0.2, -0.15) is 13.2 Å². The summed E-state index contributed by atoms with van der Waals surface area (Å²) in [7, 11) is 1.23. The molecule has 0 aromatic carbocycles. The first-order valence-corrected chi connectivity index (χ1v) is 9.60. The summed E-state index contributed by atoms with van der Waals surface area (Å²) in [4.78, 5) is 45.5. The second kappa shape index (κ2) is 8.98. The lowest BCUT2D eigenvalue weighted by atomic mass is 10.3. The van der Waals surface area contributed by atoms with Gasteiger partial charge in [0.15, 0.2) is 17.8 Å². The van der Waals surface area contributed by atoms with Gasteiger partial charge in [0, 0.05) is 33.2 Å². The summed E-state index contributed by atoms with van der Waals surface area (Å²) in [6.07, 6.45) is -1.08. The zero-order valence-corrected chi connectivity index (χ0v) is 17.4. The largest absolute Gasteiger partial charge is 0.493 e. The van der Waals surface area contributed by atoms with Crippen molar-refractivity contribution in [2.45, 2.75) is 25.9 Å². The van der Waals surface area contributed by atoms with E-state index in [0.717, 1.165) is 9.13 Å². The van der Waals surface area contributed by atoms with Gasteiger partial charge in [0.2, 0.25) is 0 Å². The quantitative estimate of drug-likeness (QED) is 0.582. The van der Waals surface area contributed by atoms with E-state index in [4.69, 9.17) is 11.3 Å². The minimum absolute atomic E-state index is 0.0678. The predicted octanol–water partition coefficient (Wildman–Crippen LogP) is -0.961. The third kappa shape index (κ3) is 4.04. The van der Waals surface area contributed by atoms with Crippen LogP contribution in [-0.4, -0.2) is 65.2 Å². The van der Waals surface area contributed by atoms with Gasteiger partial charge in [0.1, 0.15) is 0 Å². The molecule has 1 atom stereocenters. The van der Waals surface area contributed by atoms with E-state index in [0.29, 0.717) is 31.2 Å². The maximum Gasteiger partial charge on any atom is 0.493 e. The summed E-state index contributed by atoms with van der Waals surface area (Å²) >= 11 is 0. The number of nitrogens with one attached hydrogen (secondary N) is 1. The highest BCUT2D eigenvalue weighted by molar-refractivity contribution is 5.80. The van der Waals surface area contributed by atoms with E-state index < -0.39 is 29.7 Å². The highest BCUT2D eigenvalue weighted by Gasteiger charge is 2.50. The number of fused-ring (bicyclic) bond motifs is 1. The molecule has 1 aromatic heterocycles. The monoisotopic (exact) mass is 454 g/mol. The Kier molecular flexibility index (Phi) is 6.52. The van der Waals surface area contributed by atoms with Crippen LogP contribution in [0.25, 0.3) is 0 Å². The number of rotatable bonds is 4. The molecule has 1 saturated heterocycles. The first kappa shape index (κ1) is 23.2. The second-order valence-corrected chi connectivity index (χ2v) is 7.00. The number of piperazine rings is 1. The molecular weight excluding hydrogens is 433 g/mol. The molecule has 3 rings (SSSR count). The van der Waals surface area contributed by atoms with E-state index in [1.165, 1.54) is 11.9 Å². The summed E-state index contributed by atoms with van der Waals surface area (Å²) in [6.45, 7) is 2.89. The second-order valence-electron chi connectivity index (χ2n) is 7.00. The number of aromatic nitrogens is 2. The normalized spacial score (nSPS) is 18.6. The van der Waals surface area contributed by atoms with Crippen LogP contribution in [0.15, 0.2) is 9.59 Å². The molecule has 2 aliphatic heterocycles. The Hall–Kier alpha value is -3.42. The fraction of sp³-hybridized carbons (Fsp3) is 0.526. The van der Waals surface area contributed by atoms with Gasteiger partial charge in [-0.15, -0.1) is 17.4 Å². The molecule has 0 radical (unpaired) electrons. The van der Waals surface area contributed by atoms with Crippen LogP contribution in [0.1, 0.15) is 6.92 Å². The topological polar surface area (TPSA) is 92.1 Å². The number of hydrogen-bond donors (Lipinski definition) is 1. The lowest BCUT2D eigenvalue weighted by molar-refractivity contribution is -0.203. The van der Waals surface area contributed by atoms with Crippen molar-refractivity contribution in [3.63, 3.8) is 0 Å². The predicted molar refractivity (Wildman–Crippen MR) is 108 cm³/mol. The molecule has 32 heavy (non-hydrogen) atoms. The smallest absolute Gasteiger partial charge is 0.327 e. The summed E-state index contributed by atoms with van der Waals surface area (Å²) in [5, 5.41) is 3.76. The number of terminal acetylenes is 1. The van der Waals surface area contributed by atoms with E-state index in [1.54, 1.807) is 11.8 Å². The van der Waals surface area contributed by atoms with Crippen LogP contribution in [0.5, 0.6) is 0 Å². The number of carbonyl (C=O) groups is 1. The van der Waals surface area contributed by atoms with Crippen molar-refractivity contribution in [2.24, 2.45) is 7.05 Å². The number of halogens is 3. The van der Waals surface area contributed by atoms with E-state index in [2.05, 4.69) is 23.1 Å². The van der Waals surface area contributed by atoms with Gasteiger partial charge < -0.3 is 15.1 Å². The van der Waals surface area contributed by atoms with Gasteiger partial charge in [0.25, 0.3) is 5.56 Å². The Bertz CT molecular complexity index is 1120. The first-order valence-electron chi connectivity index (χ1n) is 9.60. The number of anilines is 2. The van der Waals surface area contributed by atoms with Crippen LogP contribution >= 0.6 is 0 Å². The van der Waals surface area contributed by atoms with Crippen LogP contribution in [-0.2, 0) is 23.2 Å². The maximum absolute atomic E-state index is 13.1. The fourth-order valence-electron chi connectivity index (χ4n) is 3.62. The zero-order valence-electron chi connectivity index (χ0n) is 17.4. The van der Waals surface area contributed by atoms with Crippen LogP contribution < -0.4 is 26.5 Å². The summed E-state index contributed by atoms with van der Waals surface area (Å²) in [5.41, 5.74) is -1.77. The van der Waals surface area contributed by atoms with Crippen molar-refractivity contribution >= 4 is 17.5 Å². The van der Waals surface area contributed by atoms with Crippen molar-refractivity contribution in [2.75, 3.05) is 42.7 Å². The van der Waals surface area contributed by atoms with E-state index >= 15 is 0 Å². The Balaban J connectivity index is 2.29. The maximum atomic E-state index is 13.1. The summed E-state index contributed by atoms with van der Waals surface area (Å²) < 4.78 is 41.0. The average molecular weight is 454 g/mol. The highest BCUT2D eigenvalue weighted by Crippen LogP contribution is 2.38. The zero-order chi connectivity index (χ0) is 23.6. The summed E-state index contributed by atoms with van der Waals surface area (Å²) in [5.74, 6) is 4.89. The molecule has 1 aromatic rings. The van der Waals surface area contributed by atoms with Crippen LogP contribution in [0, 0.1) is 24.2 Å². The minimum atomic E-state index is -5.30. The molecule has 2 aliphatic rings. The molecule has 0 saturated carbocycles. The molecule has 0 amide bonds. The Morgan fingerprint density at radius 3 is 2.47 bits per heavy atom. The van der Waals surface area contributed by atoms with Gasteiger partial charge in [-0.05, 0) is 6.92 Å². The van der Waals surface area contributed by atoms with Crippen molar-refractivity contribution in [3.8, 4) is 24.2 Å². The van der Waals surface area contributed by atoms with Gasteiger partial charge in [-0.3, -0.25) is 18.8 Å². The molecule has 0 aliphatic carbocycles. The van der Waals surface area contributed by atoms with E-state index in [-0.39, 0.29) is 24.6 Å². The third-order valence-electron chi connectivity index (χ3n) is 5.04. The molecule has 1 fully saturated rings. The SMILES string of the molecule is C#CCn1c2c(c(=O)n(C)c1=O)N(CC#CC)C(N1CCNCC1)N2OC(=O)C(F)(F)F. The number of hydrogen-bond acceptors (Lipinski definition) is 8. The van der Waals surface area contributed by atoms with Crippen molar-refractivity contribution in [3.05, 3.63) is 20.8 Å². The number of carbonyl (C=O) groups excluding carboxylic acids is 1. The van der Waals surface area contributed by atoms with Crippen LogP contribution in [0.4, 0.5) is 24.7 Å².